The summed E-state index contributed by atoms with van der Waals surface area (Å²) in [5.74, 6) is 0.479. The van der Waals surface area contributed by atoms with E-state index in [2.05, 4.69) is 20.8 Å². The molecule has 1 nitrogen and oxygen atoms in total. The van der Waals surface area contributed by atoms with Crippen LogP contribution in [-0.4, -0.2) is 11.2 Å². The fraction of sp³-hybridized carbons (Fsp3) is 1.00. The summed E-state index contributed by atoms with van der Waals surface area (Å²) in [6.45, 7) is 6.44. The van der Waals surface area contributed by atoms with E-state index in [1.54, 1.807) is 0 Å². The van der Waals surface area contributed by atoms with Crippen LogP contribution in [0.5, 0.6) is 0 Å². The lowest BCUT2D eigenvalue weighted by molar-refractivity contribution is 0.103. The lowest BCUT2D eigenvalue weighted by atomic mass is 9.97. The number of rotatable bonds is 6. The molecule has 0 aromatic heterocycles. The van der Waals surface area contributed by atoms with Crippen LogP contribution in [0.4, 0.5) is 0 Å². The first-order valence-electron chi connectivity index (χ1n) is 4.90. The van der Waals surface area contributed by atoms with Gasteiger partial charge in [0.15, 0.2) is 0 Å². The number of hydrogen-bond acceptors (Lipinski definition) is 1. The molecule has 0 amide bonds. The average Bonchev–Trinajstić information content (AvgIpc) is 2.03. The summed E-state index contributed by atoms with van der Waals surface area (Å²) in [4.78, 5) is 0. The molecule has 0 saturated carbocycles. The van der Waals surface area contributed by atoms with Crippen molar-refractivity contribution in [2.24, 2.45) is 5.92 Å². The summed E-state index contributed by atoms with van der Waals surface area (Å²) >= 11 is 0. The SMILES string of the molecule is CCCCC[C@H](O)[C@@H](C)CC. The Balaban J connectivity index is 3.28. The van der Waals surface area contributed by atoms with Gasteiger partial charge in [-0.05, 0) is 12.3 Å². The smallest absolute Gasteiger partial charge is 0.0565 e. The van der Waals surface area contributed by atoms with Crippen molar-refractivity contribution < 1.29 is 5.11 Å². The summed E-state index contributed by atoms with van der Waals surface area (Å²) in [5, 5.41) is 9.54. The van der Waals surface area contributed by atoms with E-state index in [1.807, 2.05) is 0 Å². The van der Waals surface area contributed by atoms with E-state index in [0.29, 0.717) is 5.92 Å². The maximum absolute atomic E-state index is 9.54. The van der Waals surface area contributed by atoms with Crippen molar-refractivity contribution in [3.8, 4) is 0 Å². The van der Waals surface area contributed by atoms with Crippen LogP contribution in [0.15, 0.2) is 0 Å². The van der Waals surface area contributed by atoms with Gasteiger partial charge < -0.3 is 5.11 Å². The molecule has 0 spiro atoms. The molecular formula is C10H22O. The highest BCUT2D eigenvalue weighted by Crippen LogP contribution is 2.13. The van der Waals surface area contributed by atoms with Crippen LogP contribution in [0.25, 0.3) is 0 Å². The van der Waals surface area contributed by atoms with Crippen molar-refractivity contribution in [1.29, 1.82) is 0 Å². The molecule has 0 fully saturated rings. The molecule has 0 heterocycles. The molecule has 0 aliphatic rings. The summed E-state index contributed by atoms with van der Waals surface area (Å²) in [7, 11) is 0. The molecule has 0 bridgehead atoms. The van der Waals surface area contributed by atoms with Crippen molar-refractivity contribution in [3.63, 3.8) is 0 Å². The van der Waals surface area contributed by atoms with Gasteiger partial charge in [0.2, 0.25) is 0 Å². The Bertz CT molecular complexity index is 80.9. The van der Waals surface area contributed by atoms with Gasteiger partial charge in [-0.15, -0.1) is 0 Å². The summed E-state index contributed by atoms with van der Waals surface area (Å²) in [6.07, 6.45) is 5.70. The van der Waals surface area contributed by atoms with Gasteiger partial charge in [0.25, 0.3) is 0 Å². The van der Waals surface area contributed by atoms with E-state index in [-0.39, 0.29) is 6.10 Å². The number of hydrogen-bond donors (Lipinski definition) is 1. The van der Waals surface area contributed by atoms with Gasteiger partial charge in [-0.1, -0.05) is 46.5 Å². The molecule has 1 heteroatoms. The zero-order valence-corrected chi connectivity index (χ0v) is 8.14. The Labute approximate surface area is 70.8 Å². The standard InChI is InChI=1S/C10H22O/c1-4-6-7-8-10(11)9(3)5-2/h9-11H,4-8H2,1-3H3/t9-,10-/m0/s1. The molecule has 68 valence electrons. The number of aliphatic hydroxyl groups is 1. The molecule has 0 radical (unpaired) electrons. The fourth-order valence-corrected chi connectivity index (χ4v) is 1.16. The lowest BCUT2D eigenvalue weighted by Gasteiger charge is -2.16. The molecule has 0 aromatic carbocycles. The second-order valence-electron chi connectivity index (χ2n) is 3.45. The van der Waals surface area contributed by atoms with E-state index in [4.69, 9.17) is 0 Å². The lowest BCUT2D eigenvalue weighted by Crippen LogP contribution is -2.16. The van der Waals surface area contributed by atoms with Gasteiger partial charge in [-0.2, -0.15) is 0 Å². The van der Waals surface area contributed by atoms with Crippen LogP contribution in [-0.2, 0) is 0 Å². The van der Waals surface area contributed by atoms with Crippen LogP contribution in [0.3, 0.4) is 0 Å². The highest BCUT2D eigenvalue weighted by atomic mass is 16.3. The number of unbranched alkanes of at least 4 members (excludes halogenated alkanes) is 2. The fourth-order valence-electron chi connectivity index (χ4n) is 1.16. The molecule has 0 aliphatic heterocycles. The van der Waals surface area contributed by atoms with Crippen molar-refractivity contribution >= 4 is 0 Å². The van der Waals surface area contributed by atoms with Gasteiger partial charge in [0, 0.05) is 0 Å². The van der Waals surface area contributed by atoms with E-state index >= 15 is 0 Å². The second kappa shape index (κ2) is 6.66. The summed E-state index contributed by atoms with van der Waals surface area (Å²) in [5.41, 5.74) is 0. The molecule has 0 saturated heterocycles. The Hall–Kier alpha value is -0.0400. The van der Waals surface area contributed by atoms with E-state index in [0.717, 1.165) is 12.8 Å². The zero-order valence-electron chi connectivity index (χ0n) is 8.14. The second-order valence-corrected chi connectivity index (χ2v) is 3.45. The molecule has 11 heavy (non-hydrogen) atoms. The third-order valence-electron chi connectivity index (χ3n) is 2.40. The monoisotopic (exact) mass is 158 g/mol. The first kappa shape index (κ1) is 11.0. The first-order valence-corrected chi connectivity index (χ1v) is 4.90. The third kappa shape index (κ3) is 5.25. The predicted octanol–water partition coefficient (Wildman–Crippen LogP) is 2.97. The minimum Gasteiger partial charge on any atom is -0.393 e. The van der Waals surface area contributed by atoms with Gasteiger partial charge in [-0.25, -0.2) is 0 Å². The van der Waals surface area contributed by atoms with Gasteiger partial charge >= 0.3 is 0 Å². The van der Waals surface area contributed by atoms with E-state index < -0.39 is 0 Å². The van der Waals surface area contributed by atoms with E-state index in [9.17, 15) is 5.11 Å². The van der Waals surface area contributed by atoms with Gasteiger partial charge in [-0.3, -0.25) is 0 Å². The normalized spacial score (nSPS) is 16.4. The topological polar surface area (TPSA) is 20.2 Å². The molecule has 2 atom stereocenters. The minimum atomic E-state index is -0.0634. The van der Waals surface area contributed by atoms with Crippen molar-refractivity contribution in [1.82, 2.24) is 0 Å². The summed E-state index contributed by atoms with van der Waals surface area (Å²) < 4.78 is 0. The average molecular weight is 158 g/mol. The zero-order chi connectivity index (χ0) is 8.69. The van der Waals surface area contributed by atoms with Crippen LogP contribution in [0.2, 0.25) is 0 Å². The largest absolute Gasteiger partial charge is 0.393 e. The maximum Gasteiger partial charge on any atom is 0.0565 e. The van der Waals surface area contributed by atoms with Crippen molar-refractivity contribution in [3.05, 3.63) is 0 Å². The highest BCUT2D eigenvalue weighted by molar-refractivity contribution is 4.62. The van der Waals surface area contributed by atoms with Crippen LogP contribution in [0.1, 0.15) is 52.9 Å². The predicted molar refractivity (Wildman–Crippen MR) is 49.6 cm³/mol. The quantitative estimate of drug-likeness (QED) is 0.589. The molecule has 0 aromatic rings. The van der Waals surface area contributed by atoms with Crippen LogP contribution >= 0.6 is 0 Å². The Morgan fingerprint density at radius 2 is 1.82 bits per heavy atom. The molecule has 0 unspecified atom stereocenters. The molecule has 0 aliphatic carbocycles. The molecule has 0 rings (SSSR count). The number of aliphatic hydroxyl groups excluding tert-OH is 1. The van der Waals surface area contributed by atoms with E-state index in [1.165, 1.54) is 19.3 Å². The minimum absolute atomic E-state index is 0.0634. The van der Waals surface area contributed by atoms with Crippen molar-refractivity contribution in [2.45, 2.75) is 59.0 Å². The summed E-state index contributed by atoms with van der Waals surface area (Å²) in [6, 6.07) is 0. The van der Waals surface area contributed by atoms with Gasteiger partial charge in [0.05, 0.1) is 6.10 Å². The maximum atomic E-state index is 9.54. The van der Waals surface area contributed by atoms with Crippen molar-refractivity contribution in [2.75, 3.05) is 0 Å². The molecule has 1 N–H and O–H groups in total. The van der Waals surface area contributed by atoms with Crippen LogP contribution < -0.4 is 0 Å². The highest BCUT2D eigenvalue weighted by Gasteiger charge is 2.10. The Kier molecular flexibility index (Phi) is 6.63. The molecular weight excluding hydrogens is 136 g/mol. The van der Waals surface area contributed by atoms with Crippen LogP contribution in [0, 0.1) is 5.92 Å². The first-order chi connectivity index (χ1) is 5.22. The van der Waals surface area contributed by atoms with Gasteiger partial charge in [0.1, 0.15) is 0 Å². The third-order valence-corrected chi connectivity index (χ3v) is 2.40. The Morgan fingerprint density at radius 1 is 1.18 bits per heavy atom. The Morgan fingerprint density at radius 3 is 2.27 bits per heavy atom.